The van der Waals surface area contributed by atoms with Crippen molar-refractivity contribution >= 4 is 22.7 Å². The Balaban J connectivity index is 1.51. The molecule has 1 fully saturated rings. The minimum Gasteiger partial charge on any atom is -0.497 e. The highest BCUT2D eigenvalue weighted by atomic mass is 16.5. The smallest absolute Gasteiger partial charge is 0.270 e. The molecule has 3 aromatic rings. The summed E-state index contributed by atoms with van der Waals surface area (Å²) in [5, 5.41) is 0.727. The van der Waals surface area contributed by atoms with Gasteiger partial charge in [0.25, 0.3) is 11.8 Å². The van der Waals surface area contributed by atoms with Gasteiger partial charge in [-0.15, -0.1) is 0 Å². The van der Waals surface area contributed by atoms with Crippen molar-refractivity contribution in [2.45, 2.75) is 0 Å². The van der Waals surface area contributed by atoms with Crippen LogP contribution in [0.25, 0.3) is 10.9 Å². The molecule has 1 N–H and O–H groups in total. The van der Waals surface area contributed by atoms with Gasteiger partial charge in [-0.05, 0) is 24.3 Å². The zero-order valence-electron chi connectivity index (χ0n) is 19.1. The van der Waals surface area contributed by atoms with Crippen molar-refractivity contribution in [3.63, 3.8) is 0 Å². The maximum atomic E-state index is 13.2. The van der Waals surface area contributed by atoms with E-state index in [-0.39, 0.29) is 11.8 Å². The molecule has 9 heteroatoms. The number of benzene rings is 2. The molecule has 0 bridgehead atoms. The lowest BCUT2D eigenvalue weighted by atomic mass is 10.1. The van der Waals surface area contributed by atoms with Gasteiger partial charge >= 0.3 is 0 Å². The van der Waals surface area contributed by atoms with E-state index < -0.39 is 0 Å². The maximum absolute atomic E-state index is 13.2. The lowest BCUT2D eigenvalue weighted by molar-refractivity contribution is 0.0532. The largest absolute Gasteiger partial charge is 0.497 e. The zero-order valence-corrected chi connectivity index (χ0v) is 19.1. The van der Waals surface area contributed by atoms with E-state index >= 15 is 0 Å². The van der Waals surface area contributed by atoms with Crippen molar-refractivity contribution in [3.05, 3.63) is 47.7 Å². The minimum atomic E-state index is -0.150. The molecule has 0 atom stereocenters. The number of amides is 2. The molecule has 0 saturated carbocycles. The van der Waals surface area contributed by atoms with E-state index in [1.54, 1.807) is 74.6 Å². The molecule has 0 radical (unpaired) electrons. The number of carbonyl (C=O) groups is 2. The quantitative estimate of drug-likeness (QED) is 0.617. The van der Waals surface area contributed by atoms with E-state index in [0.29, 0.717) is 66.0 Å². The van der Waals surface area contributed by atoms with Crippen molar-refractivity contribution < 1.29 is 28.5 Å². The summed E-state index contributed by atoms with van der Waals surface area (Å²) in [5.74, 6) is 1.99. The molecule has 4 rings (SSSR count). The van der Waals surface area contributed by atoms with E-state index in [0.717, 1.165) is 5.39 Å². The van der Waals surface area contributed by atoms with E-state index in [4.69, 9.17) is 18.9 Å². The Kier molecular flexibility index (Phi) is 6.30. The number of nitrogens with zero attached hydrogens (tertiary/aromatic N) is 2. The first kappa shape index (κ1) is 22.3. The van der Waals surface area contributed by atoms with Crippen LogP contribution in [0.4, 0.5) is 0 Å². The molecule has 1 aliphatic rings. The highest BCUT2D eigenvalue weighted by Crippen LogP contribution is 2.41. The Morgan fingerprint density at radius 2 is 1.45 bits per heavy atom. The molecule has 0 aliphatic carbocycles. The second kappa shape index (κ2) is 9.32. The van der Waals surface area contributed by atoms with Crippen LogP contribution in [0.1, 0.15) is 20.8 Å². The van der Waals surface area contributed by atoms with E-state index in [1.165, 1.54) is 0 Å². The van der Waals surface area contributed by atoms with Crippen LogP contribution in [0, 0.1) is 0 Å². The number of methoxy groups -OCH3 is 4. The van der Waals surface area contributed by atoms with Gasteiger partial charge in [-0.3, -0.25) is 9.59 Å². The molecule has 0 unspecified atom stereocenters. The fourth-order valence-corrected chi connectivity index (χ4v) is 4.07. The average molecular weight is 453 g/mol. The third kappa shape index (κ3) is 4.13. The molecule has 2 amide bonds. The van der Waals surface area contributed by atoms with Gasteiger partial charge in [0, 0.05) is 43.2 Å². The van der Waals surface area contributed by atoms with Gasteiger partial charge in [0.1, 0.15) is 17.2 Å². The third-order valence-corrected chi connectivity index (χ3v) is 5.84. The van der Waals surface area contributed by atoms with Crippen LogP contribution in [0.5, 0.6) is 23.0 Å². The van der Waals surface area contributed by atoms with E-state index in [2.05, 4.69) is 4.98 Å². The third-order valence-electron chi connectivity index (χ3n) is 5.84. The summed E-state index contributed by atoms with van der Waals surface area (Å²) in [5.41, 5.74) is 1.61. The molecule has 1 aromatic heterocycles. The number of carbonyl (C=O) groups excluding carboxylic acids is 2. The molecule has 2 heterocycles. The molecule has 174 valence electrons. The van der Waals surface area contributed by atoms with Crippen molar-refractivity contribution in [3.8, 4) is 23.0 Å². The van der Waals surface area contributed by atoms with Crippen LogP contribution in [-0.4, -0.2) is 81.2 Å². The van der Waals surface area contributed by atoms with Crippen LogP contribution in [0.15, 0.2) is 36.4 Å². The van der Waals surface area contributed by atoms with Gasteiger partial charge in [-0.2, -0.15) is 0 Å². The molecule has 9 nitrogen and oxygen atoms in total. The zero-order chi connectivity index (χ0) is 23.5. The lowest BCUT2D eigenvalue weighted by Gasteiger charge is -2.34. The molecule has 1 saturated heterocycles. The predicted octanol–water partition coefficient (Wildman–Crippen LogP) is 2.80. The van der Waals surface area contributed by atoms with Crippen molar-refractivity contribution in [1.29, 1.82) is 0 Å². The van der Waals surface area contributed by atoms with Crippen LogP contribution in [0.2, 0.25) is 0 Å². The number of aromatic amines is 1. The fraction of sp³-hybridized carbons (Fsp3) is 0.333. The number of hydrogen-bond donors (Lipinski definition) is 1. The number of hydrogen-bond acceptors (Lipinski definition) is 6. The Bertz CT molecular complexity index is 1180. The number of aromatic nitrogens is 1. The first-order valence-corrected chi connectivity index (χ1v) is 10.5. The summed E-state index contributed by atoms with van der Waals surface area (Å²) in [4.78, 5) is 32.7. The summed E-state index contributed by atoms with van der Waals surface area (Å²) < 4.78 is 21.6. The number of H-pyrrole nitrogens is 1. The average Bonchev–Trinajstić information content (AvgIpc) is 3.32. The lowest BCUT2D eigenvalue weighted by Crippen LogP contribution is -2.50. The SMILES string of the molecule is COc1cccc(C(=O)N2CCN(C(=O)c3cc4c(OC)cc(OC)c(OC)c4[nH]3)CC2)c1. The molecule has 0 spiro atoms. The maximum Gasteiger partial charge on any atom is 0.270 e. The van der Waals surface area contributed by atoms with Crippen molar-refractivity contribution in [1.82, 2.24) is 14.8 Å². The Morgan fingerprint density at radius 3 is 2.06 bits per heavy atom. The Hall–Kier alpha value is -3.88. The van der Waals surface area contributed by atoms with Gasteiger partial charge in [0.15, 0.2) is 11.5 Å². The van der Waals surface area contributed by atoms with Gasteiger partial charge in [-0.1, -0.05) is 6.07 Å². The summed E-state index contributed by atoms with van der Waals surface area (Å²) in [7, 11) is 6.22. The van der Waals surface area contributed by atoms with E-state index in [9.17, 15) is 9.59 Å². The number of ether oxygens (including phenoxy) is 4. The van der Waals surface area contributed by atoms with E-state index in [1.807, 2.05) is 0 Å². The minimum absolute atomic E-state index is 0.0758. The molecular weight excluding hydrogens is 426 g/mol. The Morgan fingerprint density at radius 1 is 0.788 bits per heavy atom. The van der Waals surface area contributed by atoms with Crippen LogP contribution >= 0.6 is 0 Å². The molecule has 1 aliphatic heterocycles. The number of rotatable bonds is 6. The molecule has 2 aromatic carbocycles. The predicted molar refractivity (Wildman–Crippen MR) is 123 cm³/mol. The van der Waals surface area contributed by atoms with Crippen molar-refractivity contribution in [2.75, 3.05) is 54.6 Å². The molecular formula is C24H27N3O6. The van der Waals surface area contributed by atoms with Gasteiger partial charge in [-0.25, -0.2) is 0 Å². The van der Waals surface area contributed by atoms with Gasteiger partial charge in [0.2, 0.25) is 0 Å². The fourth-order valence-electron chi connectivity index (χ4n) is 4.07. The number of nitrogens with one attached hydrogen (secondary N) is 1. The van der Waals surface area contributed by atoms with Crippen LogP contribution in [-0.2, 0) is 0 Å². The standard InChI is InChI=1S/C24H27N3O6/c1-30-16-7-5-6-15(12-16)23(28)26-8-10-27(11-9-26)24(29)18-13-17-19(31-2)14-20(32-3)22(33-4)21(17)25-18/h5-7,12-14,25H,8-11H2,1-4H3. The summed E-state index contributed by atoms with van der Waals surface area (Å²) in [6, 6.07) is 10.6. The first-order valence-electron chi connectivity index (χ1n) is 10.5. The highest BCUT2D eigenvalue weighted by molar-refractivity contribution is 6.02. The number of piperazine rings is 1. The second-order valence-corrected chi connectivity index (χ2v) is 7.60. The molecule has 33 heavy (non-hydrogen) atoms. The summed E-state index contributed by atoms with van der Waals surface area (Å²) in [6.45, 7) is 1.76. The van der Waals surface area contributed by atoms with Gasteiger partial charge in [0.05, 0.1) is 34.0 Å². The van der Waals surface area contributed by atoms with Gasteiger partial charge < -0.3 is 33.7 Å². The topological polar surface area (TPSA) is 93.3 Å². The summed E-state index contributed by atoms with van der Waals surface area (Å²) in [6.07, 6.45) is 0. The highest BCUT2D eigenvalue weighted by Gasteiger charge is 2.27. The summed E-state index contributed by atoms with van der Waals surface area (Å²) >= 11 is 0. The normalized spacial score (nSPS) is 13.7. The Labute approximate surface area is 191 Å². The van der Waals surface area contributed by atoms with Crippen LogP contribution < -0.4 is 18.9 Å². The van der Waals surface area contributed by atoms with Crippen molar-refractivity contribution in [2.24, 2.45) is 0 Å². The van der Waals surface area contributed by atoms with Crippen LogP contribution in [0.3, 0.4) is 0 Å². The number of fused-ring (bicyclic) bond motifs is 1. The monoisotopic (exact) mass is 453 g/mol. The second-order valence-electron chi connectivity index (χ2n) is 7.60. The first-order chi connectivity index (χ1) is 16.0.